The van der Waals surface area contributed by atoms with Crippen LogP contribution >= 0.6 is 7.60 Å². The fraction of sp³-hybridized carbons (Fsp3) is 0.857. The van der Waals surface area contributed by atoms with Crippen molar-refractivity contribution in [1.82, 2.24) is 0 Å². The molecule has 3 saturated carbocycles. The van der Waals surface area contributed by atoms with Gasteiger partial charge in [-0.2, -0.15) is 0 Å². The lowest BCUT2D eigenvalue weighted by Crippen LogP contribution is -2.57. The maximum absolute atomic E-state index is 13.6. The standard InChI is InChI=1S/C28H45O6P/c1-18(2)33-35(32,34-19(3)4)16-12-25(30)28(31)15-11-24-22-8-7-20-17-21(29)9-13-26(20,5)23(22)10-14-27(24,28)6/h17-19,22-24,31H,7-16H2,1-6H3. The van der Waals surface area contributed by atoms with Crippen molar-refractivity contribution in [2.24, 2.45) is 28.6 Å². The lowest BCUT2D eigenvalue weighted by molar-refractivity contribution is -0.162. The molecule has 0 spiro atoms. The van der Waals surface area contributed by atoms with Crippen LogP contribution in [-0.2, 0) is 23.2 Å². The smallest absolute Gasteiger partial charge is 0.331 e. The molecular weight excluding hydrogens is 463 g/mol. The molecule has 4 aliphatic rings. The summed E-state index contributed by atoms with van der Waals surface area (Å²) < 4.78 is 24.6. The zero-order valence-corrected chi connectivity index (χ0v) is 23.4. The van der Waals surface area contributed by atoms with Crippen LogP contribution in [0.15, 0.2) is 11.6 Å². The molecule has 1 N–H and O–H groups in total. The predicted molar refractivity (Wildman–Crippen MR) is 136 cm³/mol. The predicted octanol–water partition coefficient (Wildman–Crippen LogP) is 6.25. The van der Waals surface area contributed by atoms with Crippen LogP contribution in [0.1, 0.15) is 99.3 Å². The number of aliphatic hydroxyl groups is 1. The van der Waals surface area contributed by atoms with E-state index in [1.165, 1.54) is 5.57 Å². The van der Waals surface area contributed by atoms with E-state index in [0.717, 1.165) is 38.5 Å². The lowest BCUT2D eigenvalue weighted by atomic mass is 9.46. The molecule has 0 bridgehead atoms. The first-order chi connectivity index (χ1) is 16.2. The summed E-state index contributed by atoms with van der Waals surface area (Å²) in [6, 6.07) is 0. The summed E-state index contributed by atoms with van der Waals surface area (Å²) >= 11 is 0. The highest BCUT2D eigenvalue weighted by Gasteiger charge is 2.66. The molecular formula is C28H45O6P. The number of Topliss-reactive ketones (excluding diaryl/α,β-unsaturated/α-hetero) is 1. The Morgan fingerprint density at radius 3 is 2.29 bits per heavy atom. The van der Waals surface area contributed by atoms with Gasteiger partial charge < -0.3 is 14.2 Å². The third-order valence-electron chi connectivity index (χ3n) is 9.93. The number of allylic oxidation sites excluding steroid dienone is 1. The second kappa shape index (κ2) is 9.49. The van der Waals surface area contributed by atoms with Gasteiger partial charge in [-0.1, -0.05) is 19.4 Å². The Labute approximate surface area is 211 Å². The van der Waals surface area contributed by atoms with Gasteiger partial charge >= 0.3 is 7.60 Å². The minimum absolute atomic E-state index is 0.00242. The summed E-state index contributed by atoms with van der Waals surface area (Å²) in [7, 11) is -3.43. The quantitative estimate of drug-likeness (QED) is 0.390. The number of fused-ring (bicyclic) bond motifs is 5. The minimum atomic E-state index is -3.43. The van der Waals surface area contributed by atoms with Gasteiger partial charge in [0.15, 0.2) is 11.6 Å². The zero-order valence-electron chi connectivity index (χ0n) is 22.5. The largest absolute Gasteiger partial charge is 0.381 e. The molecule has 6 nitrogen and oxygen atoms in total. The van der Waals surface area contributed by atoms with Crippen molar-refractivity contribution < 1.29 is 28.3 Å². The van der Waals surface area contributed by atoms with Gasteiger partial charge in [-0.15, -0.1) is 0 Å². The molecule has 0 saturated heterocycles. The molecule has 0 aromatic rings. The van der Waals surface area contributed by atoms with Crippen LogP contribution in [0.5, 0.6) is 0 Å². The average molecular weight is 509 g/mol. The summed E-state index contributed by atoms with van der Waals surface area (Å²) in [6.45, 7) is 11.7. The van der Waals surface area contributed by atoms with Gasteiger partial charge in [-0.3, -0.25) is 14.2 Å². The lowest BCUT2D eigenvalue weighted by Gasteiger charge is -2.58. The van der Waals surface area contributed by atoms with E-state index in [-0.39, 0.29) is 47.7 Å². The summed E-state index contributed by atoms with van der Waals surface area (Å²) in [5, 5.41) is 11.9. The SMILES string of the molecule is CC(C)OP(=O)(CCC(=O)C1(O)CCC2C3CCC4=CC(=O)CCC4(C)C3CCC21C)OC(C)C. The molecule has 3 fully saturated rings. The van der Waals surface area contributed by atoms with Gasteiger partial charge in [0, 0.05) is 18.3 Å². The van der Waals surface area contributed by atoms with Crippen molar-refractivity contribution >= 4 is 19.2 Å². The Hall–Kier alpha value is -0.810. The number of hydrogen-bond donors (Lipinski definition) is 1. The highest BCUT2D eigenvalue weighted by molar-refractivity contribution is 7.53. The van der Waals surface area contributed by atoms with E-state index < -0.39 is 18.6 Å². The van der Waals surface area contributed by atoms with E-state index in [4.69, 9.17) is 9.05 Å². The third kappa shape index (κ3) is 4.67. The molecule has 7 heteroatoms. The van der Waals surface area contributed by atoms with Crippen LogP contribution in [0.4, 0.5) is 0 Å². The van der Waals surface area contributed by atoms with Crippen LogP contribution in [0, 0.1) is 28.6 Å². The van der Waals surface area contributed by atoms with Gasteiger partial charge in [0.1, 0.15) is 5.60 Å². The Morgan fingerprint density at radius 1 is 1.03 bits per heavy atom. The van der Waals surface area contributed by atoms with Gasteiger partial charge in [0.05, 0.1) is 18.4 Å². The van der Waals surface area contributed by atoms with E-state index in [9.17, 15) is 19.3 Å². The fourth-order valence-electron chi connectivity index (χ4n) is 8.25. The number of carbonyl (C=O) groups is 2. The fourth-order valence-corrected chi connectivity index (χ4v) is 10.3. The molecule has 0 aromatic carbocycles. The van der Waals surface area contributed by atoms with Gasteiger partial charge in [0.25, 0.3) is 0 Å². The molecule has 0 radical (unpaired) electrons. The van der Waals surface area contributed by atoms with E-state index >= 15 is 0 Å². The molecule has 0 aromatic heterocycles. The first kappa shape index (κ1) is 27.2. The van der Waals surface area contributed by atoms with Crippen LogP contribution in [0.2, 0.25) is 0 Å². The van der Waals surface area contributed by atoms with Crippen molar-refractivity contribution in [1.29, 1.82) is 0 Å². The van der Waals surface area contributed by atoms with Gasteiger partial charge in [-0.05, 0) is 102 Å². The summed E-state index contributed by atoms with van der Waals surface area (Å²) in [6.07, 6.45) is 7.98. The molecule has 6 unspecified atom stereocenters. The van der Waals surface area contributed by atoms with Crippen molar-refractivity contribution in [2.75, 3.05) is 6.16 Å². The average Bonchev–Trinajstić information content (AvgIpc) is 3.03. The van der Waals surface area contributed by atoms with E-state index in [1.807, 2.05) is 6.08 Å². The molecule has 0 aliphatic heterocycles. The number of carbonyl (C=O) groups excluding carboxylic acids is 2. The van der Waals surface area contributed by atoms with Crippen LogP contribution in [0.3, 0.4) is 0 Å². The first-order valence-corrected chi connectivity index (χ1v) is 15.4. The molecule has 0 amide bonds. The number of rotatable bonds is 8. The van der Waals surface area contributed by atoms with E-state index in [1.54, 1.807) is 27.7 Å². The number of hydrogen-bond acceptors (Lipinski definition) is 6. The van der Waals surface area contributed by atoms with Crippen molar-refractivity contribution in [2.45, 2.75) is 117 Å². The van der Waals surface area contributed by atoms with Crippen molar-refractivity contribution in [3.05, 3.63) is 11.6 Å². The molecule has 0 heterocycles. The highest BCUT2D eigenvalue weighted by atomic mass is 31.2. The molecule has 6 atom stereocenters. The monoisotopic (exact) mass is 508 g/mol. The molecule has 4 aliphatic carbocycles. The Kier molecular flexibility index (Phi) is 7.39. The second-order valence-corrected chi connectivity index (χ2v) is 14.7. The highest BCUT2D eigenvalue weighted by Crippen LogP contribution is 2.68. The molecule has 198 valence electrons. The molecule has 35 heavy (non-hydrogen) atoms. The topological polar surface area (TPSA) is 89.9 Å². The second-order valence-electron chi connectivity index (χ2n) is 12.6. The van der Waals surface area contributed by atoms with Crippen molar-refractivity contribution in [3.63, 3.8) is 0 Å². The van der Waals surface area contributed by atoms with E-state index in [0.29, 0.717) is 24.7 Å². The van der Waals surface area contributed by atoms with Gasteiger partial charge in [-0.25, -0.2) is 0 Å². The zero-order chi connectivity index (χ0) is 25.8. The Balaban J connectivity index is 1.51. The Morgan fingerprint density at radius 2 is 1.66 bits per heavy atom. The number of ketones is 2. The van der Waals surface area contributed by atoms with Gasteiger partial charge in [0.2, 0.25) is 0 Å². The van der Waals surface area contributed by atoms with Crippen LogP contribution in [-0.4, -0.2) is 40.6 Å². The summed E-state index contributed by atoms with van der Waals surface area (Å²) in [5.74, 6) is 1.30. The Bertz CT molecular complexity index is 926. The molecule has 4 rings (SSSR count). The minimum Gasteiger partial charge on any atom is -0.381 e. The maximum Gasteiger partial charge on any atom is 0.331 e. The first-order valence-electron chi connectivity index (χ1n) is 13.7. The normalized spacial score (nSPS) is 39.3. The van der Waals surface area contributed by atoms with E-state index in [2.05, 4.69) is 13.8 Å². The van der Waals surface area contributed by atoms with Crippen LogP contribution < -0.4 is 0 Å². The van der Waals surface area contributed by atoms with Crippen molar-refractivity contribution in [3.8, 4) is 0 Å². The van der Waals surface area contributed by atoms with Crippen LogP contribution in [0.25, 0.3) is 0 Å². The summed E-state index contributed by atoms with van der Waals surface area (Å²) in [5.41, 5.74) is -0.482. The third-order valence-corrected chi connectivity index (χ3v) is 12.2. The summed E-state index contributed by atoms with van der Waals surface area (Å²) in [4.78, 5) is 25.7. The maximum atomic E-state index is 13.6.